The molecule has 1 aromatic carbocycles. The van der Waals surface area contributed by atoms with Crippen molar-refractivity contribution in [3.63, 3.8) is 0 Å². The van der Waals surface area contributed by atoms with Gasteiger partial charge in [-0.05, 0) is 49.9 Å². The van der Waals surface area contributed by atoms with E-state index < -0.39 is 0 Å². The Kier molecular flexibility index (Phi) is 2.96. The molecule has 3 N–H and O–H groups in total. The van der Waals surface area contributed by atoms with Crippen molar-refractivity contribution < 1.29 is 9.90 Å². The highest BCUT2D eigenvalue weighted by atomic mass is 16.3. The third kappa shape index (κ3) is 2.34. The van der Waals surface area contributed by atoms with E-state index in [1.807, 2.05) is 0 Å². The second-order valence-electron chi connectivity index (χ2n) is 5.33. The van der Waals surface area contributed by atoms with Crippen LogP contribution >= 0.6 is 0 Å². The minimum absolute atomic E-state index is 0.0405. The SMILES string of the molecule is O=C(NC1CC2CCC(C1)N2)c1ccc(O)cc1. The molecule has 2 bridgehead atoms. The number of piperidine rings is 1. The summed E-state index contributed by atoms with van der Waals surface area (Å²) in [5.74, 6) is 0.146. The van der Waals surface area contributed by atoms with Crippen molar-refractivity contribution in [3.8, 4) is 5.75 Å². The molecule has 3 rings (SSSR count). The topological polar surface area (TPSA) is 61.4 Å². The largest absolute Gasteiger partial charge is 0.508 e. The molecule has 1 amide bonds. The predicted molar refractivity (Wildman–Crippen MR) is 68.5 cm³/mol. The second-order valence-corrected chi connectivity index (χ2v) is 5.33. The van der Waals surface area contributed by atoms with Crippen LogP contribution in [0.1, 0.15) is 36.0 Å². The number of aromatic hydroxyl groups is 1. The van der Waals surface area contributed by atoms with E-state index in [1.54, 1.807) is 24.3 Å². The van der Waals surface area contributed by atoms with Crippen LogP contribution in [0.3, 0.4) is 0 Å². The van der Waals surface area contributed by atoms with Crippen LogP contribution < -0.4 is 10.6 Å². The fraction of sp³-hybridized carbons (Fsp3) is 0.500. The molecular formula is C14H18N2O2. The summed E-state index contributed by atoms with van der Waals surface area (Å²) < 4.78 is 0. The Hall–Kier alpha value is -1.55. The molecule has 96 valence electrons. The Morgan fingerprint density at radius 3 is 2.39 bits per heavy atom. The first-order valence-corrected chi connectivity index (χ1v) is 6.56. The number of rotatable bonds is 2. The lowest BCUT2D eigenvalue weighted by atomic mass is 9.99. The molecule has 1 aromatic rings. The van der Waals surface area contributed by atoms with Gasteiger partial charge < -0.3 is 15.7 Å². The Balaban J connectivity index is 1.62. The maximum atomic E-state index is 12.0. The first kappa shape index (κ1) is 11.5. The summed E-state index contributed by atoms with van der Waals surface area (Å²) in [7, 11) is 0. The normalized spacial score (nSPS) is 30.1. The van der Waals surface area contributed by atoms with Crippen LogP contribution in [0.2, 0.25) is 0 Å². The molecule has 0 spiro atoms. The number of fused-ring (bicyclic) bond motifs is 2. The summed E-state index contributed by atoms with van der Waals surface area (Å²) in [4.78, 5) is 12.0. The van der Waals surface area contributed by atoms with Gasteiger partial charge in [0.2, 0.25) is 0 Å². The molecule has 2 aliphatic heterocycles. The summed E-state index contributed by atoms with van der Waals surface area (Å²) in [5.41, 5.74) is 0.610. The predicted octanol–water partition coefficient (Wildman–Crippen LogP) is 1.40. The van der Waals surface area contributed by atoms with Crippen LogP contribution in [0, 0.1) is 0 Å². The van der Waals surface area contributed by atoms with Gasteiger partial charge in [-0.25, -0.2) is 0 Å². The molecule has 2 unspecified atom stereocenters. The van der Waals surface area contributed by atoms with Crippen LogP contribution in [0.4, 0.5) is 0 Å². The zero-order chi connectivity index (χ0) is 12.5. The smallest absolute Gasteiger partial charge is 0.251 e. The quantitative estimate of drug-likeness (QED) is 0.739. The molecule has 2 aliphatic rings. The molecule has 2 heterocycles. The summed E-state index contributed by atoms with van der Waals surface area (Å²) in [5, 5.41) is 15.8. The van der Waals surface area contributed by atoms with E-state index >= 15 is 0 Å². The van der Waals surface area contributed by atoms with Gasteiger partial charge in [0.1, 0.15) is 5.75 Å². The van der Waals surface area contributed by atoms with Gasteiger partial charge in [-0.2, -0.15) is 0 Å². The van der Waals surface area contributed by atoms with Crippen molar-refractivity contribution in [1.29, 1.82) is 0 Å². The highest BCUT2D eigenvalue weighted by Crippen LogP contribution is 2.26. The van der Waals surface area contributed by atoms with Crippen LogP contribution in [-0.2, 0) is 0 Å². The molecule has 0 aliphatic carbocycles. The average molecular weight is 246 g/mol. The zero-order valence-corrected chi connectivity index (χ0v) is 10.2. The lowest BCUT2D eigenvalue weighted by Gasteiger charge is -2.29. The Bertz CT molecular complexity index is 432. The minimum atomic E-state index is -0.0405. The number of hydrogen-bond donors (Lipinski definition) is 3. The third-order valence-corrected chi connectivity index (χ3v) is 3.94. The van der Waals surface area contributed by atoms with E-state index in [4.69, 9.17) is 0 Å². The van der Waals surface area contributed by atoms with E-state index in [0.717, 1.165) is 12.8 Å². The summed E-state index contributed by atoms with van der Waals surface area (Å²) in [6.45, 7) is 0. The van der Waals surface area contributed by atoms with Crippen molar-refractivity contribution in [3.05, 3.63) is 29.8 Å². The average Bonchev–Trinajstić information content (AvgIpc) is 2.69. The first-order chi connectivity index (χ1) is 8.70. The molecule has 0 saturated carbocycles. The van der Waals surface area contributed by atoms with Gasteiger partial charge in [0.15, 0.2) is 0 Å². The first-order valence-electron chi connectivity index (χ1n) is 6.56. The Morgan fingerprint density at radius 1 is 1.17 bits per heavy atom. The lowest BCUT2D eigenvalue weighted by Crippen LogP contribution is -2.48. The third-order valence-electron chi connectivity index (χ3n) is 3.94. The van der Waals surface area contributed by atoms with Gasteiger partial charge in [0.05, 0.1) is 0 Å². The van der Waals surface area contributed by atoms with E-state index in [9.17, 15) is 9.90 Å². The van der Waals surface area contributed by atoms with Gasteiger partial charge in [-0.3, -0.25) is 4.79 Å². The number of hydrogen-bond acceptors (Lipinski definition) is 3. The fourth-order valence-electron chi connectivity index (χ4n) is 3.06. The molecule has 0 radical (unpaired) electrons. The number of carbonyl (C=O) groups excluding carboxylic acids is 1. The van der Waals surface area contributed by atoms with Gasteiger partial charge in [0, 0.05) is 23.7 Å². The maximum absolute atomic E-state index is 12.0. The second kappa shape index (κ2) is 4.61. The van der Waals surface area contributed by atoms with Crippen LogP contribution in [0.25, 0.3) is 0 Å². The van der Waals surface area contributed by atoms with Crippen molar-refractivity contribution in [2.24, 2.45) is 0 Å². The van der Waals surface area contributed by atoms with E-state index in [-0.39, 0.29) is 17.7 Å². The molecule has 18 heavy (non-hydrogen) atoms. The molecule has 4 nitrogen and oxygen atoms in total. The maximum Gasteiger partial charge on any atom is 0.251 e. The highest BCUT2D eigenvalue weighted by molar-refractivity contribution is 5.94. The Morgan fingerprint density at radius 2 is 1.78 bits per heavy atom. The molecule has 2 atom stereocenters. The van der Waals surface area contributed by atoms with Crippen molar-refractivity contribution >= 4 is 5.91 Å². The van der Waals surface area contributed by atoms with Gasteiger partial charge in [-0.1, -0.05) is 0 Å². The molecule has 0 aromatic heterocycles. The number of carbonyl (C=O) groups is 1. The highest BCUT2D eigenvalue weighted by Gasteiger charge is 2.33. The van der Waals surface area contributed by atoms with Crippen LogP contribution in [0.5, 0.6) is 5.75 Å². The zero-order valence-electron chi connectivity index (χ0n) is 10.2. The van der Waals surface area contributed by atoms with Crippen LogP contribution in [0.15, 0.2) is 24.3 Å². The number of phenolic OH excluding ortho intramolecular Hbond substituents is 1. The van der Waals surface area contributed by atoms with E-state index in [0.29, 0.717) is 17.6 Å². The fourth-order valence-corrected chi connectivity index (χ4v) is 3.06. The summed E-state index contributed by atoms with van der Waals surface area (Å²) in [6, 6.07) is 7.83. The molecule has 4 heteroatoms. The van der Waals surface area contributed by atoms with E-state index in [1.165, 1.54) is 12.8 Å². The molecule has 2 saturated heterocycles. The summed E-state index contributed by atoms with van der Waals surface area (Å²) >= 11 is 0. The van der Waals surface area contributed by atoms with Gasteiger partial charge in [-0.15, -0.1) is 0 Å². The lowest BCUT2D eigenvalue weighted by molar-refractivity contribution is 0.0924. The number of amides is 1. The standard InChI is InChI=1S/C14H18N2O2/c17-13-5-1-9(2-6-13)14(18)16-12-7-10-3-4-11(8-12)15-10/h1-2,5-6,10-12,15,17H,3-4,7-8H2,(H,16,18). The van der Waals surface area contributed by atoms with Crippen molar-refractivity contribution in [2.45, 2.75) is 43.8 Å². The summed E-state index contributed by atoms with van der Waals surface area (Å²) in [6.07, 6.45) is 4.52. The van der Waals surface area contributed by atoms with Gasteiger partial charge in [0.25, 0.3) is 5.91 Å². The van der Waals surface area contributed by atoms with Gasteiger partial charge >= 0.3 is 0 Å². The van der Waals surface area contributed by atoms with Crippen molar-refractivity contribution in [1.82, 2.24) is 10.6 Å². The van der Waals surface area contributed by atoms with E-state index in [2.05, 4.69) is 10.6 Å². The molecular weight excluding hydrogens is 228 g/mol. The molecule has 2 fully saturated rings. The van der Waals surface area contributed by atoms with Crippen LogP contribution in [-0.4, -0.2) is 29.1 Å². The van der Waals surface area contributed by atoms with Crippen molar-refractivity contribution in [2.75, 3.05) is 0 Å². The Labute approximate surface area is 106 Å². The minimum Gasteiger partial charge on any atom is -0.508 e. The number of phenols is 1. The number of benzene rings is 1. The monoisotopic (exact) mass is 246 g/mol. The number of nitrogens with one attached hydrogen (secondary N) is 2.